The molecule has 1 rings (SSSR count). The Hall–Kier alpha value is -2.85. The molecule has 0 fully saturated rings. The molecule has 1 aromatic heterocycles. The van der Waals surface area contributed by atoms with Gasteiger partial charge in [0, 0.05) is 6.20 Å². The molecule has 1 heterocycles. The van der Waals surface area contributed by atoms with Crippen LogP contribution in [-0.4, -0.2) is 40.4 Å². The van der Waals surface area contributed by atoms with Gasteiger partial charge < -0.3 is 19.4 Å². The van der Waals surface area contributed by atoms with E-state index in [4.69, 9.17) is 4.74 Å². The number of carbonyl (C=O) groups excluding carboxylic acids is 1. The fourth-order valence-corrected chi connectivity index (χ4v) is 1.61. The molecule has 0 aliphatic heterocycles. The molecular weight excluding hydrogens is 302 g/mol. The van der Waals surface area contributed by atoms with Crippen LogP contribution in [0.1, 0.15) is 29.8 Å². The van der Waals surface area contributed by atoms with Crippen molar-refractivity contribution < 1.29 is 29.4 Å². The zero-order valence-electron chi connectivity index (χ0n) is 11.5. The molecule has 0 aliphatic rings. The van der Waals surface area contributed by atoms with Crippen molar-refractivity contribution in [3.63, 3.8) is 0 Å². The van der Waals surface area contributed by atoms with Crippen LogP contribution in [0.4, 0.5) is 0 Å². The van der Waals surface area contributed by atoms with E-state index in [0.29, 0.717) is 18.5 Å². The topological polar surface area (TPSA) is 147 Å². The Morgan fingerprint density at radius 1 is 1.27 bits per heavy atom. The number of hydrogen-bond acceptors (Lipinski definition) is 8. The second kappa shape index (κ2) is 9.15. The van der Waals surface area contributed by atoms with E-state index in [1.54, 1.807) is 18.3 Å². The molecule has 122 valence electrons. The minimum atomic E-state index is -1.05. The fraction of sp³-hybridized carbons (Fsp3) is 0.545. The Morgan fingerprint density at radius 3 is 2.64 bits per heavy atom. The number of nitrogens with one attached hydrogen (secondary N) is 1. The highest BCUT2D eigenvalue weighted by atomic mass is 17.0. The Morgan fingerprint density at radius 2 is 2.05 bits per heavy atom. The van der Waals surface area contributed by atoms with Crippen LogP contribution in [0.3, 0.4) is 0 Å². The van der Waals surface area contributed by atoms with E-state index in [-0.39, 0.29) is 13.0 Å². The maximum atomic E-state index is 11.5. The summed E-state index contributed by atoms with van der Waals surface area (Å²) < 4.78 is 4.96. The first-order valence-corrected chi connectivity index (χ1v) is 6.38. The lowest BCUT2D eigenvalue weighted by molar-refractivity contribution is -0.790. The van der Waals surface area contributed by atoms with Crippen LogP contribution in [0, 0.1) is 20.2 Å². The molecule has 22 heavy (non-hydrogen) atoms. The van der Waals surface area contributed by atoms with E-state index >= 15 is 0 Å². The highest BCUT2D eigenvalue weighted by Gasteiger charge is 2.15. The fourth-order valence-electron chi connectivity index (χ4n) is 1.61. The van der Waals surface area contributed by atoms with E-state index in [2.05, 4.69) is 14.7 Å². The van der Waals surface area contributed by atoms with Gasteiger partial charge in [-0.1, -0.05) is 0 Å². The maximum Gasteiger partial charge on any atom is 0.354 e. The van der Waals surface area contributed by atoms with E-state index in [1.807, 2.05) is 0 Å². The van der Waals surface area contributed by atoms with Crippen molar-refractivity contribution in [3.8, 4) is 0 Å². The highest BCUT2D eigenvalue weighted by Crippen LogP contribution is 2.07. The quantitative estimate of drug-likeness (QED) is 0.276. The summed E-state index contributed by atoms with van der Waals surface area (Å²) in [5, 5.41) is 18.2. The predicted octanol–water partition coefficient (Wildman–Crippen LogP) is 1.13. The number of H-pyrrole nitrogens is 1. The van der Waals surface area contributed by atoms with Gasteiger partial charge in [0.1, 0.15) is 18.4 Å². The Labute approximate surface area is 124 Å². The second-order valence-corrected chi connectivity index (χ2v) is 4.19. The van der Waals surface area contributed by atoms with Crippen LogP contribution in [-0.2, 0) is 14.4 Å². The summed E-state index contributed by atoms with van der Waals surface area (Å²) in [4.78, 5) is 42.8. The van der Waals surface area contributed by atoms with Crippen LogP contribution in [0.25, 0.3) is 0 Å². The lowest BCUT2D eigenvalue weighted by Crippen LogP contribution is -2.24. The average molecular weight is 317 g/mol. The second-order valence-electron chi connectivity index (χ2n) is 4.19. The standard InChI is InChI=1S/C11H15N3O8/c15-11(10-5-3-6-12-10)20-7-2-1-4-9(22-14(18)19)8-21-13(16)17/h3,5-6,9,12H,1-2,4,7-8H2/t9-/m1/s1. The van der Waals surface area contributed by atoms with Crippen molar-refractivity contribution in [2.75, 3.05) is 13.2 Å². The number of nitrogens with zero attached hydrogens (tertiary/aromatic N) is 2. The molecule has 1 N–H and O–H groups in total. The summed E-state index contributed by atoms with van der Waals surface area (Å²) in [6, 6.07) is 3.23. The Bertz CT molecular complexity index is 490. The summed E-state index contributed by atoms with van der Waals surface area (Å²) in [6.45, 7) is -0.407. The summed E-state index contributed by atoms with van der Waals surface area (Å²) in [6.07, 6.45) is 1.56. The van der Waals surface area contributed by atoms with Crippen LogP contribution in [0.2, 0.25) is 0 Å². The zero-order valence-corrected chi connectivity index (χ0v) is 11.5. The van der Waals surface area contributed by atoms with Crippen molar-refractivity contribution in [3.05, 3.63) is 44.3 Å². The molecule has 1 aromatic rings. The molecule has 0 unspecified atom stereocenters. The van der Waals surface area contributed by atoms with Gasteiger partial charge in [0.2, 0.25) is 0 Å². The molecule has 0 bridgehead atoms. The molecule has 11 heteroatoms. The molecule has 0 saturated carbocycles. The number of aromatic amines is 1. The molecule has 0 amide bonds. The van der Waals surface area contributed by atoms with Crippen LogP contribution >= 0.6 is 0 Å². The third kappa shape index (κ3) is 7.07. The van der Waals surface area contributed by atoms with Gasteiger partial charge in [-0.3, -0.25) is 0 Å². The maximum absolute atomic E-state index is 11.5. The molecular formula is C11H15N3O8. The van der Waals surface area contributed by atoms with Crippen LogP contribution in [0.5, 0.6) is 0 Å². The highest BCUT2D eigenvalue weighted by molar-refractivity contribution is 5.87. The SMILES string of the molecule is O=C(OCCCC[C@H](CO[N+](=O)[O-])O[N+](=O)[O-])c1ccc[nH]1. The van der Waals surface area contributed by atoms with E-state index < -0.39 is 28.9 Å². The largest absolute Gasteiger partial charge is 0.461 e. The number of esters is 1. The number of rotatable bonds is 11. The van der Waals surface area contributed by atoms with Crippen LogP contribution < -0.4 is 0 Å². The number of unbranched alkanes of at least 4 members (excludes halogenated alkanes) is 1. The summed E-state index contributed by atoms with van der Waals surface area (Å²) in [5.41, 5.74) is 0.328. The van der Waals surface area contributed by atoms with Crippen molar-refractivity contribution in [1.82, 2.24) is 4.98 Å². The van der Waals surface area contributed by atoms with E-state index in [0.717, 1.165) is 0 Å². The number of carbonyl (C=O) groups is 1. The van der Waals surface area contributed by atoms with Gasteiger partial charge in [-0.2, -0.15) is 0 Å². The first-order chi connectivity index (χ1) is 10.5. The van der Waals surface area contributed by atoms with E-state index in [1.165, 1.54) is 0 Å². The minimum absolute atomic E-state index is 0.124. The van der Waals surface area contributed by atoms with Crippen molar-refractivity contribution in [1.29, 1.82) is 0 Å². The van der Waals surface area contributed by atoms with Gasteiger partial charge in [0.25, 0.3) is 10.2 Å². The molecule has 0 aromatic carbocycles. The molecule has 0 radical (unpaired) electrons. The molecule has 11 nitrogen and oxygen atoms in total. The minimum Gasteiger partial charge on any atom is -0.461 e. The first kappa shape index (κ1) is 17.2. The molecule has 0 saturated heterocycles. The lowest BCUT2D eigenvalue weighted by Gasteiger charge is -2.13. The number of ether oxygens (including phenoxy) is 1. The normalized spacial score (nSPS) is 11.5. The van der Waals surface area contributed by atoms with Gasteiger partial charge in [0.15, 0.2) is 0 Å². The number of hydrogen-bond donors (Lipinski definition) is 1. The zero-order chi connectivity index (χ0) is 16.4. The van der Waals surface area contributed by atoms with E-state index in [9.17, 15) is 25.0 Å². The van der Waals surface area contributed by atoms with Gasteiger partial charge in [-0.15, -0.1) is 20.2 Å². The lowest BCUT2D eigenvalue weighted by atomic mass is 10.2. The van der Waals surface area contributed by atoms with Crippen LogP contribution in [0.15, 0.2) is 18.3 Å². The van der Waals surface area contributed by atoms with Crippen molar-refractivity contribution in [2.45, 2.75) is 25.4 Å². The summed E-state index contributed by atoms with van der Waals surface area (Å²) >= 11 is 0. The third-order valence-corrected chi connectivity index (χ3v) is 2.57. The average Bonchev–Trinajstić information content (AvgIpc) is 2.97. The Kier molecular flexibility index (Phi) is 7.16. The van der Waals surface area contributed by atoms with Gasteiger partial charge in [-0.25, -0.2) is 4.79 Å². The summed E-state index contributed by atoms with van der Waals surface area (Å²) in [7, 11) is 0. The summed E-state index contributed by atoms with van der Waals surface area (Å²) in [5.74, 6) is -0.500. The number of aromatic nitrogens is 1. The first-order valence-electron chi connectivity index (χ1n) is 6.38. The molecule has 0 spiro atoms. The van der Waals surface area contributed by atoms with Crippen molar-refractivity contribution >= 4 is 5.97 Å². The molecule has 1 atom stereocenters. The monoisotopic (exact) mass is 317 g/mol. The predicted molar refractivity (Wildman–Crippen MR) is 69.7 cm³/mol. The van der Waals surface area contributed by atoms with Gasteiger partial charge in [0.05, 0.1) is 6.61 Å². The van der Waals surface area contributed by atoms with Gasteiger partial charge >= 0.3 is 5.97 Å². The smallest absolute Gasteiger partial charge is 0.354 e. The Balaban J connectivity index is 2.20. The molecule has 0 aliphatic carbocycles. The van der Waals surface area contributed by atoms with Crippen molar-refractivity contribution in [2.24, 2.45) is 0 Å². The van der Waals surface area contributed by atoms with Gasteiger partial charge in [-0.05, 0) is 31.4 Å². The third-order valence-electron chi connectivity index (χ3n) is 2.57.